The van der Waals surface area contributed by atoms with Crippen molar-refractivity contribution in [2.24, 2.45) is 0 Å². The zero-order chi connectivity index (χ0) is 19.5. The second-order valence-electron chi connectivity index (χ2n) is 6.97. The molecule has 4 rings (SSSR count). The van der Waals surface area contributed by atoms with E-state index in [0.29, 0.717) is 11.5 Å². The van der Waals surface area contributed by atoms with Crippen LogP contribution in [0.1, 0.15) is 22.6 Å². The third kappa shape index (κ3) is 3.82. The van der Waals surface area contributed by atoms with Crippen molar-refractivity contribution in [3.8, 4) is 22.8 Å². The second kappa shape index (κ2) is 7.94. The predicted octanol–water partition coefficient (Wildman–Crippen LogP) is 3.42. The molecular formula is C22H24N4O2. The lowest BCUT2D eigenvalue weighted by Crippen LogP contribution is -2.31. The summed E-state index contributed by atoms with van der Waals surface area (Å²) in [5.74, 6) is 2.27. The summed E-state index contributed by atoms with van der Waals surface area (Å²) < 4.78 is 10.7. The van der Waals surface area contributed by atoms with Gasteiger partial charge in [0.1, 0.15) is 5.82 Å². The highest BCUT2D eigenvalue weighted by atomic mass is 16.5. The topological polar surface area (TPSA) is 60.4 Å². The van der Waals surface area contributed by atoms with E-state index in [-0.39, 0.29) is 0 Å². The molecule has 6 nitrogen and oxygen atoms in total. The van der Waals surface area contributed by atoms with E-state index in [1.807, 2.05) is 37.5 Å². The van der Waals surface area contributed by atoms with Crippen molar-refractivity contribution in [1.29, 1.82) is 0 Å². The molecule has 0 fully saturated rings. The van der Waals surface area contributed by atoms with E-state index in [4.69, 9.17) is 9.47 Å². The van der Waals surface area contributed by atoms with Crippen LogP contribution >= 0.6 is 0 Å². The molecule has 0 unspecified atom stereocenters. The van der Waals surface area contributed by atoms with E-state index >= 15 is 0 Å². The summed E-state index contributed by atoms with van der Waals surface area (Å²) in [6, 6.07) is 10.0. The average Bonchev–Trinajstić information content (AvgIpc) is 2.74. The molecule has 144 valence electrons. The van der Waals surface area contributed by atoms with Gasteiger partial charge in [0.25, 0.3) is 0 Å². The number of nitrogens with zero attached hydrogens (tertiary/aromatic N) is 4. The monoisotopic (exact) mass is 376 g/mol. The van der Waals surface area contributed by atoms with Gasteiger partial charge in [-0.15, -0.1) is 0 Å². The number of hydrogen-bond acceptors (Lipinski definition) is 6. The first-order chi connectivity index (χ1) is 13.7. The Morgan fingerprint density at radius 3 is 2.61 bits per heavy atom. The lowest BCUT2D eigenvalue weighted by atomic mass is 10.1. The first kappa shape index (κ1) is 18.4. The van der Waals surface area contributed by atoms with Crippen LogP contribution in [0.4, 0.5) is 0 Å². The van der Waals surface area contributed by atoms with Crippen LogP contribution in [0.2, 0.25) is 0 Å². The Balaban J connectivity index is 1.46. The Morgan fingerprint density at radius 2 is 1.86 bits per heavy atom. The van der Waals surface area contributed by atoms with Gasteiger partial charge in [-0.05, 0) is 36.8 Å². The summed E-state index contributed by atoms with van der Waals surface area (Å²) in [6.45, 7) is 4.69. The number of ether oxygens (including phenoxy) is 2. The normalized spacial score (nSPS) is 13.8. The predicted molar refractivity (Wildman–Crippen MR) is 107 cm³/mol. The minimum absolute atomic E-state index is 0.704. The molecule has 2 aromatic heterocycles. The van der Waals surface area contributed by atoms with Crippen LogP contribution in [0.3, 0.4) is 0 Å². The van der Waals surface area contributed by atoms with Crippen LogP contribution < -0.4 is 9.47 Å². The molecule has 0 aliphatic carbocycles. The maximum atomic E-state index is 5.39. The third-order valence-corrected chi connectivity index (χ3v) is 5.04. The molecule has 0 atom stereocenters. The second-order valence-corrected chi connectivity index (χ2v) is 6.97. The summed E-state index contributed by atoms with van der Waals surface area (Å²) in [5, 5.41) is 0. The molecule has 0 radical (unpaired) electrons. The molecular weight excluding hydrogens is 352 g/mol. The molecule has 1 aromatic carbocycles. The van der Waals surface area contributed by atoms with Gasteiger partial charge in [0.15, 0.2) is 11.5 Å². The summed E-state index contributed by atoms with van der Waals surface area (Å²) in [7, 11) is 3.28. The number of benzene rings is 1. The van der Waals surface area contributed by atoms with Crippen molar-refractivity contribution in [2.75, 3.05) is 20.8 Å². The van der Waals surface area contributed by atoms with Crippen LogP contribution in [0.15, 0.2) is 42.7 Å². The molecule has 6 heteroatoms. The molecule has 3 aromatic rings. The van der Waals surface area contributed by atoms with Crippen molar-refractivity contribution in [1.82, 2.24) is 19.9 Å². The maximum Gasteiger partial charge on any atom is 0.161 e. The van der Waals surface area contributed by atoms with Gasteiger partial charge in [0, 0.05) is 55.3 Å². The van der Waals surface area contributed by atoms with E-state index in [1.165, 1.54) is 16.8 Å². The van der Waals surface area contributed by atoms with Gasteiger partial charge in [-0.1, -0.05) is 6.07 Å². The number of aryl methyl sites for hydroxylation is 1. The SMILES string of the molecule is COc1ccc(-c2ccc(CN3CCc4nc(C)ncc4C3)cn2)cc1OC. The van der Waals surface area contributed by atoms with Crippen molar-refractivity contribution < 1.29 is 9.47 Å². The van der Waals surface area contributed by atoms with Gasteiger partial charge < -0.3 is 9.47 Å². The molecule has 0 saturated carbocycles. The average molecular weight is 376 g/mol. The van der Waals surface area contributed by atoms with Gasteiger partial charge in [0.05, 0.1) is 19.9 Å². The van der Waals surface area contributed by atoms with Crippen LogP contribution in [-0.4, -0.2) is 40.6 Å². The molecule has 3 heterocycles. The Labute approximate surface area is 165 Å². The number of fused-ring (bicyclic) bond motifs is 1. The lowest BCUT2D eigenvalue weighted by Gasteiger charge is -2.27. The molecule has 0 amide bonds. The first-order valence-corrected chi connectivity index (χ1v) is 9.37. The van der Waals surface area contributed by atoms with E-state index in [0.717, 1.165) is 43.1 Å². The fourth-order valence-corrected chi connectivity index (χ4v) is 3.55. The molecule has 1 aliphatic rings. The number of pyridine rings is 1. The number of rotatable bonds is 5. The molecule has 0 bridgehead atoms. The van der Waals surface area contributed by atoms with Crippen LogP contribution in [0.25, 0.3) is 11.3 Å². The molecule has 0 saturated heterocycles. The molecule has 28 heavy (non-hydrogen) atoms. The summed E-state index contributed by atoms with van der Waals surface area (Å²) in [4.78, 5) is 16.0. The fraction of sp³-hybridized carbons (Fsp3) is 0.318. The van der Waals surface area contributed by atoms with Crippen LogP contribution in [0.5, 0.6) is 11.5 Å². The summed E-state index contributed by atoms with van der Waals surface area (Å²) in [5.41, 5.74) is 5.53. The highest BCUT2D eigenvalue weighted by Crippen LogP contribution is 2.31. The minimum atomic E-state index is 0.704. The lowest BCUT2D eigenvalue weighted by molar-refractivity contribution is 0.242. The van der Waals surface area contributed by atoms with E-state index in [1.54, 1.807) is 14.2 Å². The summed E-state index contributed by atoms with van der Waals surface area (Å²) in [6.07, 6.45) is 4.88. The van der Waals surface area contributed by atoms with Crippen molar-refractivity contribution in [3.63, 3.8) is 0 Å². The maximum absolute atomic E-state index is 5.39. The summed E-state index contributed by atoms with van der Waals surface area (Å²) >= 11 is 0. The van der Waals surface area contributed by atoms with Gasteiger partial charge in [-0.2, -0.15) is 0 Å². The molecule has 0 spiro atoms. The van der Waals surface area contributed by atoms with Crippen molar-refractivity contribution in [2.45, 2.75) is 26.4 Å². The number of aromatic nitrogens is 3. The van der Waals surface area contributed by atoms with E-state index in [2.05, 4.69) is 32.0 Å². The zero-order valence-electron chi connectivity index (χ0n) is 16.5. The largest absolute Gasteiger partial charge is 0.493 e. The smallest absolute Gasteiger partial charge is 0.161 e. The molecule has 0 N–H and O–H groups in total. The third-order valence-electron chi connectivity index (χ3n) is 5.04. The quantitative estimate of drug-likeness (QED) is 0.680. The van der Waals surface area contributed by atoms with E-state index < -0.39 is 0 Å². The highest BCUT2D eigenvalue weighted by molar-refractivity contribution is 5.64. The van der Waals surface area contributed by atoms with Crippen LogP contribution in [0, 0.1) is 6.92 Å². The minimum Gasteiger partial charge on any atom is -0.493 e. The highest BCUT2D eigenvalue weighted by Gasteiger charge is 2.18. The Kier molecular flexibility index (Phi) is 5.21. The standard InChI is InChI=1S/C22H24N4O2/c1-15-23-12-18-14-26(9-8-20(18)25-15)13-16-4-6-19(24-11-16)17-5-7-21(27-2)22(10-17)28-3/h4-7,10-12H,8-9,13-14H2,1-3H3. The zero-order valence-corrected chi connectivity index (χ0v) is 16.5. The van der Waals surface area contributed by atoms with Gasteiger partial charge in [-0.25, -0.2) is 9.97 Å². The first-order valence-electron chi connectivity index (χ1n) is 9.37. The number of methoxy groups -OCH3 is 2. The van der Waals surface area contributed by atoms with E-state index in [9.17, 15) is 0 Å². The van der Waals surface area contributed by atoms with Crippen molar-refractivity contribution >= 4 is 0 Å². The van der Waals surface area contributed by atoms with Crippen molar-refractivity contribution in [3.05, 3.63) is 65.4 Å². The van der Waals surface area contributed by atoms with Gasteiger partial charge in [0.2, 0.25) is 0 Å². The Bertz CT molecular complexity index is 973. The Morgan fingerprint density at radius 1 is 1.00 bits per heavy atom. The molecule has 1 aliphatic heterocycles. The van der Waals surface area contributed by atoms with Crippen LogP contribution in [-0.2, 0) is 19.5 Å². The van der Waals surface area contributed by atoms with Gasteiger partial charge >= 0.3 is 0 Å². The Hall–Kier alpha value is -2.99. The number of hydrogen-bond donors (Lipinski definition) is 0. The fourth-order valence-electron chi connectivity index (χ4n) is 3.55. The van der Waals surface area contributed by atoms with Gasteiger partial charge in [-0.3, -0.25) is 9.88 Å².